The van der Waals surface area contributed by atoms with Crippen LogP contribution in [0.4, 0.5) is 17.1 Å². The van der Waals surface area contributed by atoms with Gasteiger partial charge in [-0.25, -0.2) is 0 Å². The highest BCUT2D eigenvalue weighted by molar-refractivity contribution is 5.94. The minimum absolute atomic E-state index is 0.00496. The number of nitro groups is 1. The van der Waals surface area contributed by atoms with E-state index in [4.69, 9.17) is 14.2 Å². The van der Waals surface area contributed by atoms with Gasteiger partial charge in [-0.3, -0.25) is 24.5 Å². The van der Waals surface area contributed by atoms with Gasteiger partial charge in [0.05, 0.1) is 24.8 Å². The molecule has 2 aromatic rings. The molecule has 11 nitrogen and oxygen atoms in total. The number of esters is 1. The van der Waals surface area contributed by atoms with E-state index >= 15 is 0 Å². The van der Waals surface area contributed by atoms with Crippen molar-refractivity contribution in [3.05, 3.63) is 52.6 Å². The molecule has 0 spiro atoms. The second kappa shape index (κ2) is 11.9. The third-order valence-electron chi connectivity index (χ3n) is 4.17. The number of carbonyl (C=O) groups excluding carboxylic acids is 3. The maximum Gasteiger partial charge on any atom is 0.306 e. The Labute approximate surface area is 183 Å². The van der Waals surface area contributed by atoms with Crippen LogP contribution in [0.5, 0.6) is 11.5 Å². The summed E-state index contributed by atoms with van der Waals surface area (Å²) >= 11 is 0. The first-order valence-corrected chi connectivity index (χ1v) is 9.54. The largest absolute Gasteiger partial charge is 0.497 e. The van der Waals surface area contributed by atoms with E-state index in [1.165, 1.54) is 38.5 Å². The van der Waals surface area contributed by atoms with Gasteiger partial charge in [0, 0.05) is 36.7 Å². The van der Waals surface area contributed by atoms with Crippen molar-refractivity contribution in [1.29, 1.82) is 0 Å². The molecule has 2 rings (SSSR count). The Balaban J connectivity index is 1.72. The lowest BCUT2D eigenvalue weighted by Crippen LogP contribution is -2.21. The van der Waals surface area contributed by atoms with Gasteiger partial charge in [0.25, 0.3) is 11.6 Å². The second-order valence-electron chi connectivity index (χ2n) is 6.48. The first-order valence-electron chi connectivity index (χ1n) is 9.54. The SMILES string of the molecule is COc1ccc(OC)c(NC(=O)COC(=O)CCCC(=O)Nc2cccc([N+](=O)[O-])c2)c1. The number of benzene rings is 2. The molecule has 2 N–H and O–H groups in total. The number of hydrogen-bond acceptors (Lipinski definition) is 8. The zero-order chi connectivity index (χ0) is 23.5. The lowest BCUT2D eigenvalue weighted by Gasteiger charge is -2.12. The Morgan fingerprint density at radius 1 is 0.969 bits per heavy atom. The van der Waals surface area contributed by atoms with Crippen molar-refractivity contribution in [2.75, 3.05) is 31.5 Å². The molecule has 0 fully saturated rings. The number of ether oxygens (including phenoxy) is 3. The minimum atomic E-state index is -0.638. The van der Waals surface area contributed by atoms with E-state index in [2.05, 4.69) is 10.6 Å². The third kappa shape index (κ3) is 7.59. The Morgan fingerprint density at radius 3 is 2.44 bits per heavy atom. The van der Waals surface area contributed by atoms with Gasteiger partial charge in [0.2, 0.25) is 5.91 Å². The molecular formula is C21H23N3O8. The molecule has 0 saturated heterocycles. The lowest BCUT2D eigenvalue weighted by molar-refractivity contribution is -0.384. The zero-order valence-corrected chi connectivity index (χ0v) is 17.6. The highest BCUT2D eigenvalue weighted by Gasteiger charge is 2.13. The van der Waals surface area contributed by atoms with E-state index in [9.17, 15) is 24.5 Å². The summed E-state index contributed by atoms with van der Waals surface area (Å²) in [4.78, 5) is 46.0. The van der Waals surface area contributed by atoms with Gasteiger partial charge in [0.15, 0.2) is 6.61 Å². The molecule has 0 bridgehead atoms. The number of non-ortho nitro benzene ring substituents is 1. The van der Waals surface area contributed by atoms with Gasteiger partial charge < -0.3 is 24.8 Å². The fourth-order valence-electron chi connectivity index (χ4n) is 2.63. The van der Waals surface area contributed by atoms with Crippen LogP contribution in [-0.2, 0) is 19.1 Å². The van der Waals surface area contributed by atoms with E-state index < -0.39 is 29.3 Å². The van der Waals surface area contributed by atoms with Crippen molar-refractivity contribution in [3.8, 4) is 11.5 Å². The van der Waals surface area contributed by atoms with E-state index in [1.807, 2.05) is 0 Å². The standard InChI is InChI=1S/C21H23N3O8/c1-30-16-9-10-18(31-2)17(12-16)23-20(26)13-32-21(27)8-4-7-19(25)22-14-5-3-6-15(11-14)24(28)29/h3,5-6,9-12H,4,7-8,13H2,1-2H3,(H,22,25)(H,23,26). The molecule has 11 heteroatoms. The molecule has 32 heavy (non-hydrogen) atoms. The van der Waals surface area contributed by atoms with Crippen LogP contribution in [-0.4, -0.2) is 43.5 Å². The molecular weight excluding hydrogens is 422 g/mol. The topological polar surface area (TPSA) is 146 Å². The van der Waals surface area contributed by atoms with Gasteiger partial charge in [0.1, 0.15) is 11.5 Å². The van der Waals surface area contributed by atoms with Crippen LogP contribution >= 0.6 is 0 Å². The van der Waals surface area contributed by atoms with Crippen molar-refractivity contribution in [3.63, 3.8) is 0 Å². The summed E-state index contributed by atoms with van der Waals surface area (Å²) in [6.45, 7) is -0.501. The predicted octanol–water partition coefficient (Wildman–Crippen LogP) is 2.90. The van der Waals surface area contributed by atoms with Crippen LogP contribution in [0.15, 0.2) is 42.5 Å². The second-order valence-corrected chi connectivity index (χ2v) is 6.48. The van der Waals surface area contributed by atoms with Gasteiger partial charge >= 0.3 is 5.97 Å². The number of nitro benzene ring substituents is 1. The molecule has 170 valence electrons. The van der Waals surface area contributed by atoms with Crippen LogP contribution < -0.4 is 20.1 Å². The molecule has 2 amide bonds. The number of nitrogens with zero attached hydrogens (tertiary/aromatic N) is 1. The predicted molar refractivity (Wildman–Crippen MR) is 115 cm³/mol. The van der Waals surface area contributed by atoms with Crippen LogP contribution in [0.25, 0.3) is 0 Å². The molecule has 0 aliphatic carbocycles. The van der Waals surface area contributed by atoms with E-state index in [0.717, 1.165) is 0 Å². The molecule has 0 aliphatic rings. The number of nitrogens with one attached hydrogen (secondary N) is 2. The molecule has 0 aliphatic heterocycles. The Hall–Kier alpha value is -4.15. The maximum absolute atomic E-state index is 12.0. The average molecular weight is 445 g/mol. The fraction of sp³-hybridized carbons (Fsp3) is 0.286. The lowest BCUT2D eigenvalue weighted by atomic mass is 10.2. The fourth-order valence-corrected chi connectivity index (χ4v) is 2.63. The summed E-state index contributed by atoms with van der Waals surface area (Å²) in [5, 5.41) is 15.9. The van der Waals surface area contributed by atoms with Gasteiger partial charge in [-0.15, -0.1) is 0 Å². The monoisotopic (exact) mass is 445 g/mol. The van der Waals surface area contributed by atoms with Crippen molar-refractivity contribution >= 4 is 34.8 Å². The van der Waals surface area contributed by atoms with Crippen molar-refractivity contribution in [1.82, 2.24) is 0 Å². The zero-order valence-electron chi connectivity index (χ0n) is 17.6. The van der Waals surface area contributed by atoms with Crippen LogP contribution in [0.2, 0.25) is 0 Å². The number of anilines is 2. The minimum Gasteiger partial charge on any atom is -0.497 e. The summed E-state index contributed by atoms with van der Waals surface area (Å²) in [6, 6.07) is 10.4. The first-order chi connectivity index (χ1) is 15.3. The maximum atomic E-state index is 12.0. The van der Waals surface area contributed by atoms with Crippen LogP contribution in [0.1, 0.15) is 19.3 Å². The molecule has 0 unspecified atom stereocenters. The molecule has 0 radical (unpaired) electrons. The average Bonchev–Trinajstić information content (AvgIpc) is 2.77. The van der Waals surface area contributed by atoms with Crippen molar-refractivity contribution in [2.45, 2.75) is 19.3 Å². The number of methoxy groups -OCH3 is 2. The third-order valence-corrected chi connectivity index (χ3v) is 4.17. The summed E-state index contributed by atoms with van der Waals surface area (Å²) in [7, 11) is 2.94. The van der Waals surface area contributed by atoms with E-state index in [1.54, 1.807) is 18.2 Å². The molecule has 0 saturated carbocycles. The van der Waals surface area contributed by atoms with E-state index in [0.29, 0.717) is 17.2 Å². The molecule has 2 aromatic carbocycles. The quantitative estimate of drug-likeness (QED) is 0.305. The highest BCUT2D eigenvalue weighted by Crippen LogP contribution is 2.28. The smallest absolute Gasteiger partial charge is 0.306 e. The highest BCUT2D eigenvalue weighted by atomic mass is 16.6. The normalized spacial score (nSPS) is 10.1. The van der Waals surface area contributed by atoms with Gasteiger partial charge in [-0.2, -0.15) is 0 Å². The number of hydrogen-bond donors (Lipinski definition) is 2. The number of carbonyl (C=O) groups is 3. The summed E-state index contributed by atoms with van der Waals surface area (Å²) in [6.07, 6.45) is 0.119. The number of amides is 2. The van der Waals surface area contributed by atoms with Crippen LogP contribution in [0.3, 0.4) is 0 Å². The molecule has 0 atom stereocenters. The van der Waals surface area contributed by atoms with Crippen LogP contribution in [0, 0.1) is 10.1 Å². The van der Waals surface area contributed by atoms with Gasteiger partial charge in [-0.1, -0.05) is 6.07 Å². The Kier molecular flexibility index (Phi) is 8.96. The van der Waals surface area contributed by atoms with E-state index in [-0.39, 0.29) is 30.6 Å². The molecule has 0 aromatic heterocycles. The van der Waals surface area contributed by atoms with Crippen molar-refractivity contribution < 1.29 is 33.5 Å². The Bertz CT molecular complexity index is 993. The first kappa shape index (κ1) is 24.1. The molecule has 0 heterocycles. The van der Waals surface area contributed by atoms with Crippen molar-refractivity contribution in [2.24, 2.45) is 0 Å². The number of rotatable bonds is 11. The summed E-state index contributed by atoms with van der Waals surface area (Å²) in [5.41, 5.74) is 0.512. The summed E-state index contributed by atoms with van der Waals surface area (Å²) < 4.78 is 15.2. The van der Waals surface area contributed by atoms with Gasteiger partial charge in [-0.05, 0) is 24.6 Å². The summed E-state index contributed by atoms with van der Waals surface area (Å²) in [5.74, 6) is -0.669. The Morgan fingerprint density at radius 2 is 1.75 bits per heavy atom.